The van der Waals surface area contributed by atoms with Crippen LogP contribution in [0.4, 0.5) is 0 Å². The van der Waals surface area contributed by atoms with Crippen LogP contribution in [0.1, 0.15) is 49.1 Å². The summed E-state index contributed by atoms with van der Waals surface area (Å²) < 4.78 is 38.8. The highest BCUT2D eigenvalue weighted by molar-refractivity contribution is 7.87. The van der Waals surface area contributed by atoms with Crippen LogP contribution in [0.15, 0.2) is 95.9 Å². The third-order valence-corrected chi connectivity index (χ3v) is 8.06. The monoisotopic (exact) mass is 535 g/mol. The number of fused-ring (bicyclic) bond motifs is 3. The number of ether oxygens (including phenoxy) is 1. The Morgan fingerprint density at radius 1 is 0.846 bits per heavy atom. The third-order valence-electron chi connectivity index (χ3n) is 6.81. The number of aromatic nitrogens is 1. The molecule has 0 N–H and O–H groups in total. The maximum atomic E-state index is 13.2. The second kappa shape index (κ2) is 9.33. The van der Waals surface area contributed by atoms with E-state index in [1.165, 1.54) is 0 Å². The highest BCUT2D eigenvalue weighted by atomic mass is 32.2. The standard InChI is InChI=1S/C33H29NO4S/c1-21-13-15-24(16-14-21)39(35,36)38-30-18-17-26(27-20-23-10-6-8-12-29(23)34-31(27)30)28-19-22-9-5-7-11-25(22)32(28)37-33(2,3)4/h5-20,32H,1-4H3. The lowest BCUT2D eigenvalue weighted by molar-refractivity contribution is -0.0337. The van der Waals surface area contributed by atoms with Crippen molar-refractivity contribution in [1.29, 1.82) is 0 Å². The van der Waals surface area contributed by atoms with E-state index in [1.807, 2.05) is 70.2 Å². The quantitative estimate of drug-likeness (QED) is 0.169. The molecule has 6 heteroatoms. The summed E-state index contributed by atoms with van der Waals surface area (Å²) in [5.41, 5.74) is 5.95. The first-order chi connectivity index (χ1) is 18.6. The van der Waals surface area contributed by atoms with Gasteiger partial charge in [0.2, 0.25) is 0 Å². The molecule has 196 valence electrons. The fourth-order valence-electron chi connectivity index (χ4n) is 5.02. The molecule has 1 aliphatic carbocycles. The van der Waals surface area contributed by atoms with Crippen molar-refractivity contribution in [2.45, 2.75) is 44.3 Å². The molecular weight excluding hydrogens is 506 g/mol. The van der Waals surface area contributed by atoms with Gasteiger partial charge in [-0.15, -0.1) is 0 Å². The largest absolute Gasteiger partial charge is 0.377 e. The molecule has 0 aliphatic heterocycles. The van der Waals surface area contributed by atoms with E-state index in [1.54, 1.807) is 30.3 Å². The van der Waals surface area contributed by atoms with Gasteiger partial charge >= 0.3 is 10.1 Å². The molecule has 0 bridgehead atoms. The maximum Gasteiger partial charge on any atom is 0.339 e. The number of aryl methyl sites for hydroxylation is 1. The van der Waals surface area contributed by atoms with Crippen molar-refractivity contribution in [2.24, 2.45) is 0 Å². The molecule has 1 aromatic heterocycles. The van der Waals surface area contributed by atoms with Gasteiger partial charge in [0, 0.05) is 10.8 Å². The van der Waals surface area contributed by atoms with Crippen molar-refractivity contribution in [3.05, 3.63) is 113 Å². The number of para-hydroxylation sites is 1. The lowest BCUT2D eigenvalue weighted by Crippen LogP contribution is -2.22. The topological polar surface area (TPSA) is 65.5 Å². The van der Waals surface area contributed by atoms with Crippen LogP contribution in [-0.4, -0.2) is 19.0 Å². The van der Waals surface area contributed by atoms with Gasteiger partial charge in [0.25, 0.3) is 0 Å². The Morgan fingerprint density at radius 3 is 2.33 bits per heavy atom. The summed E-state index contributed by atoms with van der Waals surface area (Å²) in [5.74, 6) is 0.185. The summed E-state index contributed by atoms with van der Waals surface area (Å²) in [7, 11) is -4.06. The summed E-state index contributed by atoms with van der Waals surface area (Å²) in [6.45, 7) is 8.05. The maximum absolute atomic E-state index is 13.2. The van der Waals surface area contributed by atoms with E-state index < -0.39 is 10.1 Å². The highest BCUT2D eigenvalue weighted by Gasteiger charge is 2.32. The Bertz CT molecular complexity index is 1870. The van der Waals surface area contributed by atoms with E-state index in [0.717, 1.165) is 44.1 Å². The van der Waals surface area contributed by atoms with Crippen molar-refractivity contribution in [3.63, 3.8) is 0 Å². The Morgan fingerprint density at radius 2 is 1.56 bits per heavy atom. The van der Waals surface area contributed by atoms with Crippen LogP contribution >= 0.6 is 0 Å². The summed E-state index contributed by atoms with van der Waals surface area (Å²) in [6, 6.07) is 28.3. The molecule has 5 nitrogen and oxygen atoms in total. The van der Waals surface area contributed by atoms with Crippen LogP contribution in [0.3, 0.4) is 0 Å². The minimum atomic E-state index is -4.06. The molecule has 1 atom stereocenters. The van der Waals surface area contributed by atoms with Gasteiger partial charge in [-0.05, 0) is 86.4 Å². The van der Waals surface area contributed by atoms with Crippen molar-refractivity contribution >= 4 is 43.6 Å². The Kier molecular flexibility index (Phi) is 6.05. The molecule has 5 aromatic rings. The van der Waals surface area contributed by atoms with Crippen molar-refractivity contribution in [1.82, 2.24) is 4.98 Å². The van der Waals surface area contributed by atoms with Gasteiger partial charge in [0.1, 0.15) is 16.5 Å². The summed E-state index contributed by atoms with van der Waals surface area (Å²) in [4.78, 5) is 4.99. The van der Waals surface area contributed by atoms with E-state index in [2.05, 4.69) is 24.3 Å². The molecule has 0 saturated carbocycles. The molecule has 1 aliphatic rings. The molecule has 6 rings (SSSR count). The first-order valence-corrected chi connectivity index (χ1v) is 14.3. The molecule has 4 aromatic carbocycles. The number of nitrogens with zero attached hydrogens (tertiary/aromatic N) is 1. The van der Waals surface area contributed by atoms with Crippen LogP contribution in [0.25, 0.3) is 33.5 Å². The zero-order valence-electron chi connectivity index (χ0n) is 22.3. The number of rotatable bonds is 5. The SMILES string of the molecule is Cc1ccc(S(=O)(=O)Oc2ccc(C3=Cc4ccccc4C3OC(C)(C)C)c3cc4ccccc4nc23)cc1. The second-order valence-corrected chi connectivity index (χ2v) is 12.4. The van der Waals surface area contributed by atoms with Gasteiger partial charge in [-0.1, -0.05) is 66.2 Å². The van der Waals surface area contributed by atoms with Gasteiger partial charge in [0.15, 0.2) is 5.75 Å². The van der Waals surface area contributed by atoms with Crippen LogP contribution in [0, 0.1) is 6.92 Å². The van der Waals surface area contributed by atoms with E-state index in [9.17, 15) is 8.42 Å². The molecular formula is C33H29NO4S. The fraction of sp³-hybridized carbons (Fsp3) is 0.182. The first-order valence-electron chi connectivity index (χ1n) is 12.9. The molecule has 1 unspecified atom stereocenters. The zero-order valence-corrected chi connectivity index (χ0v) is 23.1. The normalized spacial score (nSPS) is 15.4. The molecule has 0 radical (unpaired) electrons. The van der Waals surface area contributed by atoms with E-state index in [0.29, 0.717) is 5.52 Å². The smallest absolute Gasteiger partial charge is 0.339 e. The van der Waals surface area contributed by atoms with E-state index in [-0.39, 0.29) is 22.4 Å². The van der Waals surface area contributed by atoms with Crippen molar-refractivity contribution < 1.29 is 17.3 Å². The average molecular weight is 536 g/mol. The number of hydrogen-bond acceptors (Lipinski definition) is 5. The van der Waals surface area contributed by atoms with Gasteiger partial charge in [-0.25, -0.2) is 4.98 Å². The molecule has 39 heavy (non-hydrogen) atoms. The zero-order chi connectivity index (χ0) is 27.4. The van der Waals surface area contributed by atoms with Crippen molar-refractivity contribution in [3.8, 4) is 5.75 Å². The summed E-state index contributed by atoms with van der Waals surface area (Å²) in [5, 5.41) is 1.75. The fourth-order valence-corrected chi connectivity index (χ4v) is 5.95. The lowest BCUT2D eigenvalue weighted by Gasteiger charge is -2.28. The number of pyridine rings is 1. The van der Waals surface area contributed by atoms with Gasteiger partial charge < -0.3 is 8.92 Å². The number of benzene rings is 4. The van der Waals surface area contributed by atoms with Crippen LogP contribution < -0.4 is 4.18 Å². The van der Waals surface area contributed by atoms with E-state index in [4.69, 9.17) is 13.9 Å². The van der Waals surface area contributed by atoms with Crippen LogP contribution in [-0.2, 0) is 14.9 Å². The predicted molar refractivity (Wildman–Crippen MR) is 156 cm³/mol. The number of hydrogen-bond donors (Lipinski definition) is 0. The minimum Gasteiger partial charge on any atom is -0.377 e. The average Bonchev–Trinajstić information content (AvgIpc) is 3.24. The van der Waals surface area contributed by atoms with Crippen LogP contribution in [0.5, 0.6) is 5.75 Å². The van der Waals surface area contributed by atoms with Gasteiger partial charge in [-0.2, -0.15) is 8.42 Å². The van der Waals surface area contributed by atoms with Crippen LogP contribution in [0.2, 0.25) is 0 Å². The Labute approximate surface area is 228 Å². The molecule has 0 saturated heterocycles. The first kappa shape index (κ1) is 25.3. The Balaban J connectivity index is 1.54. The second-order valence-electron chi connectivity index (χ2n) is 10.9. The minimum absolute atomic E-state index is 0.0960. The van der Waals surface area contributed by atoms with Gasteiger partial charge in [-0.3, -0.25) is 0 Å². The highest BCUT2D eigenvalue weighted by Crippen LogP contribution is 2.47. The summed E-state index contributed by atoms with van der Waals surface area (Å²) >= 11 is 0. The van der Waals surface area contributed by atoms with Gasteiger partial charge in [0.05, 0.1) is 11.1 Å². The lowest BCUT2D eigenvalue weighted by atomic mass is 9.95. The molecule has 1 heterocycles. The summed E-state index contributed by atoms with van der Waals surface area (Å²) in [6.07, 6.45) is 1.87. The third kappa shape index (κ3) is 4.82. The molecule has 0 spiro atoms. The van der Waals surface area contributed by atoms with E-state index >= 15 is 0 Å². The Hall–Kier alpha value is -4.00. The molecule has 0 amide bonds. The predicted octanol–water partition coefficient (Wildman–Crippen LogP) is 7.87. The molecule has 0 fully saturated rings. The van der Waals surface area contributed by atoms with Crippen molar-refractivity contribution in [2.75, 3.05) is 0 Å².